The third kappa shape index (κ3) is 14.0. The second-order valence-electron chi connectivity index (χ2n) is 11.4. The number of hydrogen-bond acceptors (Lipinski definition) is 4. The highest BCUT2D eigenvalue weighted by Gasteiger charge is 2.13. The molecule has 0 aliphatic carbocycles. The zero-order valence-electron chi connectivity index (χ0n) is 25.5. The topological polar surface area (TPSA) is 57.6 Å². The van der Waals surface area contributed by atoms with Gasteiger partial charge >= 0.3 is 0 Å². The van der Waals surface area contributed by atoms with Crippen molar-refractivity contribution >= 4 is 27.7 Å². The van der Waals surface area contributed by atoms with Crippen LogP contribution in [0.15, 0.2) is 53.4 Å². The first-order valence-electron chi connectivity index (χ1n) is 15.9. The summed E-state index contributed by atoms with van der Waals surface area (Å²) in [6, 6.07) is 15.1. The third-order valence-electron chi connectivity index (χ3n) is 7.83. The van der Waals surface area contributed by atoms with Crippen LogP contribution >= 0.6 is 0 Å². The molecule has 0 radical (unpaired) electrons. The molecule has 2 aromatic carbocycles. The molecular formula is C35H55NO3S. The molecular weight excluding hydrogens is 514 g/mol. The molecule has 0 spiro atoms. The molecule has 40 heavy (non-hydrogen) atoms. The number of aliphatic hydroxyl groups excluding tert-OH is 1. The Morgan fingerprint density at radius 3 is 1.43 bits per heavy atom. The van der Waals surface area contributed by atoms with Crippen molar-refractivity contribution in [2.24, 2.45) is 0 Å². The van der Waals surface area contributed by atoms with Gasteiger partial charge in [-0.2, -0.15) is 0 Å². The molecule has 0 heterocycles. The summed E-state index contributed by atoms with van der Waals surface area (Å²) in [5, 5.41) is 9.70. The predicted molar refractivity (Wildman–Crippen MR) is 173 cm³/mol. The lowest BCUT2D eigenvalue weighted by Gasteiger charge is -2.22. The van der Waals surface area contributed by atoms with Crippen LogP contribution in [0.3, 0.4) is 0 Å². The minimum atomic E-state index is -3.23. The second kappa shape index (κ2) is 19.9. The number of benzene rings is 2. The van der Waals surface area contributed by atoms with Crippen molar-refractivity contribution in [2.75, 3.05) is 17.7 Å². The van der Waals surface area contributed by atoms with E-state index < -0.39 is 16.1 Å². The Bertz CT molecular complexity index is 1040. The minimum absolute atomic E-state index is 0.230. The summed E-state index contributed by atoms with van der Waals surface area (Å²) >= 11 is 0. The predicted octanol–water partition coefficient (Wildman–Crippen LogP) is 9.67. The number of nitrogens with zero attached hydrogens (tertiary/aromatic N) is 1. The van der Waals surface area contributed by atoms with Gasteiger partial charge in [-0.1, -0.05) is 140 Å². The fourth-order valence-corrected chi connectivity index (χ4v) is 6.34. The molecule has 1 N–H and O–H groups in total. The van der Waals surface area contributed by atoms with Crippen molar-refractivity contribution in [3.05, 3.63) is 59.7 Å². The zero-order chi connectivity index (χ0) is 29.1. The van der Waals surface area contributed by atoms with Crippen LogP contribution < -0.4 is 4.90 Å². The van der Waals surface area contributed by atoms with Gasteiger partial charge in [-0.05, 0) is 48.7 Å². The fraction of sp³-hybridized carbons (Fsp3) is 0.600. The third-order valence-corrected chi connectivity index (χ3v) is 9.65. The van der Waals surface area contributed by atoms with E-state index in [2.05, 4.69) is 6.92 Å². The highest BCUT2D eigenvalue weighted by molar-refractivity contribution is 7.91. The molecule has 0 aliphatic heterocycles. The largest absolute Gasteiger partial charge is 0.374 e. The van der Waals surface area contributed by atoms with Crippen LogP contribution in [-0.2, 0) is 9.84 Å². The molecule has 0 fully saturated rings. The molecule has 0 saturated heterocycles. The van der Waals surface area contributed by atoms with Crippen molar-refractivity contribution in [3.8, 4) is 0 Å². The molecule has 5 heteroatoms. The maximum atomic E-state index is 12.8. The van der Waals surface area contributed by atoms with E-state index in [1.165, 1.54) is 83.5 Å². The summed E-state index contributed by atoms with van der Waals surface area (Å²) in [5.41, 5.74) is 2.96. The maximum absolute atomic E-state index is 12.8. The van der Waals surface area contributed by atoms with Crippen LogP contribution in [0, 0.1) is 0 Å². The van der Waals surface area contributed by atoms with E-state index in [0.717, 1.165) is 36.1 Å². The van der Waals surface area contributed by atoms with Gasteiger partial charge in [0.15, 0.2) is 9.84 Å². The van der Waals surface area contributed by atoms with Gasteiger partial charge in [0.25, 0.3) is 0 Å². The smallest absolute Gasteiger partial charge is 0.178 e. The lowest BCUT2D eigenvalue weighted by molar-refractivity contribution is 0.195. The number of hydrogen-bond donors (Lipinski definition) is 1. The number of aliphatic hydroxyl groups is 1. The van der Waals surface area contributed by atoms with Crippen LogP contribution in [0.4, 0.5) is 5.69 Å². The minimum Gasteiger partial charge on any atom is -0.374 e. The Hall–Kier alpha value is -2.11. The van der Waals surface area contributed by atoms with Gasteiger partial charge in [-0.15, -0.1) is 0 Å². The van der Waals surface area contributed by atoms with E-state index in [4.69, 9.17) is 0 Å². The lowest BCUT2D eigenvalue weighted by atomic mass is 10.0. The number of anilines is 1. The molecule has 0 amide bonds. The fourth-order valence-electron chi connectivity index (χ4n) is 4.97. The normalized spacial score (nSPS) is 12.7. The van der Waals surface area contributed by atoms with E-state index in [0.29, 0.717) is 4.90 Å². The Balaban J connectivity index is 1.57. The van der Waals surface area contributed by atoms with Crippen molar-refractivity contribution < 1.29 is 13.5 Å². The standard InChI is InChI=1S/C35H55NO3S/c1-4-5-6-7-8-9-10-11-12-13-14-15-16-17-18-19-30-40(38,39)35-28-24-33(25-29-35)21-20-32-22-26-34(27-23-32)36(3)31(2)37/h20-29,31,37H,4-19,30H2,1-3H3. The maximum Gasteiger partial charge on any atom is 0.178 e. The summed E-state index contributed by atoms with van der Waals surface area (Å²) in [7, 11) is -1.38. The van der Waals surface area contributed by atoms with E-state index >= 15 is 0 Å². The Morgan fingerprint density at radius 1 is 0.650 bits per heavy atom. The first-order chi connectivity index (χ1) is 19.3. The lowest BCUT2D eigenvalue weighted by Crippen LogP contribution is -2.27. The molecule has 224 valence electrons. The Labute approximate surface area is 245 Å². The highest BCUT2D eigenvalue weighted by atomic mass is 32.2. The second-order valence-corrected chi connectivity index (χ2v) is 13.5. The van der Waals surface area contributed by atoms with Crippen molar-refractivity contribution in [2.45, 2.75) is 128 Å². The van der Waals surface area contributed by atoms with E-state index in [-0.39, 0.29) is 5.75 Å². The van der Waals surface area contributed by atoms with Crippen LogP contribution in [0.1, 0.15) is 128 Å². The van der Waals surface area contributed by atoms with Crippen LogP contribution in [0.2, 0.25) is 0 Å². The molecule has 2 aromatic rings. The first kappa shape index (κ1) is 34.1. The average Bonchev–Trinajstić information content (AvgIpc) is 2.96. The zero-order valence-corrected chi connectivity index (χ0v) is 26.3. The molecule has 1 atom stereocenters. The monoisotopic (exact) mass is 569 g/mol. The molecule has 0 aliphatic rings. The quantitative estimate of drug-likeness (QED) is 0.0871. The Kier molecular flexibility index (Phi) is 16.9. The van der Waals surface area contributed by atoms with Crippen LogP contribution in [0.5, 0.6) is 0 Å². The van der Waals surface area contributed by atoms with Gasteiger partial charge in [-0.25, -0.2) is 8.42 Å². The van der Waals surface area contributed by atoms with E-state index in [9.17, 15) is 13.5 Å². The molecule has 4 nitrogen and oxygen atoms in total. The van der Waals surface area contributed by atoms with Gasteiger partial charge in [0.05, 0.1) is 10.6 Å². The number of unbranched alkanes of at least 4 members (excludes halogenated alkanes) is 15. The molecule has 0 saturated carbocycles. The number of rotatable bonds is 22. The molecule has 0 aromatic heterocycles. The van der Waals surface area contributed by atoms with Gasteiger partial charge in [0, 0.05) is 12.7 Å². The summed E-state index contributed by atoms with van der Waals surface area (Å²) in [4.78, 5) is 2.21. The van der Waals surface area contributed by atoms with Crippen molar-refractivity contribution in [3.63, 3.8) is 0 Å². The molecule has 1 unspecified atom stereocenters. The van der Waals surface area contributed by atoms with Crippen molar-refractivity contribution in [1.82, 2.24) is 0 Å². The number of sulfone groups is 1. The van der Waals surface area contributed by atoms with Crippen LogP contribution in [0.25, 0.3) is 12.2 Å². The summed E-state index contributed by atoms with van der Waals surface area (Å²) in [6.45, 7) is 4.01. The summed E-state index contributed by atoms with van der Waals surface area (Å²) in [5.74, 6) is 0.230. The Morgan fingerprint density at radius 2 is 1.02 bits per heavy atom. The molecule has 2 rings (SSSR count). The first-order valence-corrected chi connectivity index (χ1v) is 17.5. The summed E-state index contributed by atoms with van der Waals surface area (Å²) in [6.07, 6.45) is 24.0. The SMILES string of the molecule is CCCCCCCCCCCCCCCCCCS(=O)(=O)c1ccc(C=Cc2ccc(N(C)C(C)O)cc2)cc1. The van der Waals surface area contributed by atoms with Crippen molar-refractivity contribution in [1.29, 1.82) is 0 Å². The average molecular weight is 570 g/mol. The van der Waals surface area contributed by atoms with Gasteiger partial charge in [0.2, 0.25) is 0 Å². The van der Waals surface area contributed by atoms with E-state index in [1.54, 1.807) is 24.0 Å². The van der Waals surface area contributed by atoms with Gasteiger partial charge < -0.3 is 10.0 Å². The highest BCUT2D eigenvalue weighted by Crippen LogP contribution is 2.19. The van der Waals surface area contributed by atoms with Gasteiger partial charge in [0.1, 0.15) is 6.23 Å². The van der Waals surface area contributed by atoms with E-state index in [1.807, 2.05) is 55.6 Å². The molecule has 0 bridgehead atoms. The van der Waals surface area contributed by atoms with Gasteiger partial charge in [-0.3, -0.25) is 0 Å². The van der Waals surface area contributed by atoms with Crippen LogP contribution in [-0.4, -0.2) is 32.6 Å². The summed E-state index contributed by atoms with van der Waals surface area (Å²) < 4.78 is 25.5.